The first-order chi connectivity index (χ1) is 12.2. The third-order valence-electron chi connectivity index (χ3n) is 5.08. The van der Waals surface area contributed by atoms with Gasteiger partial charge in [-0.25, -0.2) is 4.39 Å². The van der Waals surface area contributed by atoms with Gasteiger partial charge in [0.2, 0.25) is 5.82 Å². The largest absolute Gasteiger partial charge is 0.491 e. The van der Waals surface area contributed by atoms with Crippen molar-refractivity contribution in [3.8, 4) is 5.75 Å². The molecule has 0 radical (unpaired) electrons. The van der Waals surface area contributed by atoms with Gasteiger partial charge in [0.15, 0.2) is 11.6 Å². The zero-order chi connectivity index (χ0) is 18.1. The highest BCUT2D eigenvalue weighted by atomic mass is 19.2. The molecular weight excluding hydrogens is 325 g/mol. The van der Waals surface area contributed by atoms with E-state index in [4.69, 9.17) is 4.74 Å². The van der Waals surface area contributed by atoms with Gasteiger partial charge in [-0.05, 0) is 81.8 Å². The number of hydrogen-bond acceptors (Lipinski definition) is 1. The first-order valence-corrected chi connectivity index (χ1v) is 9.49. The summed E-state index contributed by atoms with van der Waals surface area (Å²) in [6.07, 6.45) is 11.7. The van der Waals surface area contributed by atoms with Crippen LogP contribution in [0.15, 0.2) is 24.3 Å². The van der Waals surface area contributed by atoms with Crippen LogP contribution in [-0.4, -0.2) is 13.3 Å². The molecule has 0 heterocycles. The molecule has 140 valence electrons. The number of rotatable bonds is 9. The average molecular weight is 354 g/mol. The predicted octanol–water partition coefficient (Wildman–Crippen LogP) is 6.72. The van der Waals surface area contributed by atoms with E-state index in [1.54, 1.807) is 19.1 Å². The summed E-state index contributed by atoms with van der Waals surface area (Å²) >= 11 is 0. The zero-order valence-electron chi connectivity index (χ0n) is 15.1. The summed E-state index contributed by atoms with van der Waals surface area (Å²) in [4.78, 5) is 0. The molecule has 0 spiro atoms. The normalized spacial score (nSPS) is 21.0. The number of hydrogen-bond donors (Lipinski definition) is 0. The predicted molar refractivity (Wildman–Crippen MR) is 95.8 cm³/mol. The SMILES string of the molecule is CCOc1ccc(C2CCC(CCC=CCCCF)CC2)c(F)c1F. The molecule has 0 saturated heterocycles. The fourth-order valence-electron chi connectivity index (χ4n) is 3.65. The van der Waals surface area contributed by atoms with Crippen LogP contribution in [0, 0.1) is 17.6 Å². The van der Waals surface area contributed by atoms with Gasteiger partial charge in [0.05, 0.1) is 13.3 Å². The Labute approximate surface area is 149 Å². The lowest BCUT2D eigenvalue weighted by molar-refractivity contribution is 0.297. The highest BCUT2D eigenvalue weighted by molar-refractivity contribution is 5.33. The summed E-state index contributed by atoms with van der Waals surface area (Å²) in [6.45, 7) is 1.82. The van der Waals surface area contributed by atoms with Gasteiger partial charge in [-0.3, -0.25) is 4.39 Å². The number of unbranched alkanes of at least 4 members (excludes halogenated alkanes) is 1. The summed E-state index contributed by atoms with van der Waals surface area (Å²) < 4.78 is 45.5. The Bertz CT molecular complexity index is 548. The fourth-order valence-corrected chi connectivity index (χ4v) is 3.65. The van der Waals surface area contributed by atoms with Crippen LogP contribution < -0.4 is 4.74 Å². The molecule has 1 saturated carbocycles. The summed E-state index contributed by atoms with van der Waals surface area (Å²) in [7, 11) is 0. The van der Waals surface area contributed by atoms with Crippen LogP contribution in [0.4, 0.5) is 13.2 Å². The Balaban J connectivity index is 1.82. The van der Waals surface area contributed by atoms with Crippen LogP contribution >= 0.6 is 0 Å². The maximum absolute atomic E-state index is 14.3. The smallest absolute Gasteiger partial charge is 0.200 e. The molecule has 0 bridgehead atoms. The minimum atomic E-state index is -0.861. The lowest BCUT2D eigenvalue weighted by atomic mass is 9.77. The van der Waals surface area contributed by atoms with Crippen molar-refractivity contribution < 1.29 is 17.9 Å². The molecule has 0 aromatic heterocycles. The minimum Gasteiger partial charge on any atom is -0.491 e. The highest BCUT2D eigenvalue weighted by Gasteiger charge is 2.26. The maximum atomic E-state index is 14.3. The average Bonchev–Trinajstić information content (AvgIpc) is 2.63. The standard InChI is InChI=1S/C21H29F3O/c1-2-25-19-14-13-18(20(23)21(19)24)17-11-9-16(10-12-17)8-6-4-3-5-7-15-22/h3-4,13-14,16-17H,2,5-12,15H2,1H3. The Morgan fingerprint density at radius 2 is 1.76 bits per heavy atom. The fraction of sp³-hybridized carbons (Fsp3) is 0.619. The lowest BCUT2D eigenvalue weighted by Gasteiger charge is -2.29. The number of benzene rings is 1. The Morgan fingerprint density at radius 1 is 1.04 bits per heavy atom. The minimum absolute atomic E-state index is 0.00279. The molecule has 1 fully saturated rings. The van der Waals surface area contributed by atoms with Crippen molar-refractivity contribution in [1.29, 1.82) is 0 Å². The van der Waals surface area contributed by atoms with Crippen LogP contribution in [-0.2, 0) is 0 Å². The molecule has 0 aliphatic heterocycles. The van der Waals surface area contributed by atoms with Gasteiger partial charge in [0, 0.05) is 0 Å². The van der Waals surface area contributed by atoms with E-state index in [1.807, 2.05) is 0 Å². The van der Waals surface area contributed by atoms with Gasteiger partial charge in [0.25, 0.3) is 0 Å². The van der Waals surface area contributed by atoms with Gasteiger partial charge >= 0.3 is 0 Å². The van der Waals surface area contributed by atoms with Gasteiger partial charge in [-0.15, -0.1) is 0 Å². The van der Waals surface area contributed by atoms with Crippen molar-refractivity contribution in [2.45, 2.75) is 64.2 Å². The van der Waals surface area contributed by atoms with Gasteiger partial charge in [0.1, 0.15) is 0 Å². The monoisotopic (exact) mass is 354 g/mol. The van der Waals surface area contributed by atoms with Gasteiger partial charge < -0.3 is 4.74 Å². The molecule has 1 nitrogen and oxygen atoms in total. The number of halogens is 3. The molecule has 1 aromatic rings. The zero-order valence-corrected chi connectivity index (χ0v) is 15.1. The quantitative estimate of drug-likeness (QED) is 0.353. The van der Waals surface area contributed by atoms with Crippen molar-refractivity contribution in [3.63, 3.8) is 0 Å². The third-order valence-corrected chi connectivity index (χ3v) is 5.08. The first kappa shape index (κ1) is 19.9. The summed E-state index contributed by atoms with van der Waals surface area (Å²) in [6, 6.07) is 3.23. The highest BCUT2D eigenvalue weighted by Crippen LogP contribution is 2.39. The van der Waals surface area contributed by atoms with Crippen molar-refractivity contribution in [3.05, 3.63) is 41.5 Å². The second-order valence-corrected chi connectivity index (χ2v) is 6.81. The van der Waals surface area contributed by atoms with Gasteiger partial charge in [-0.2, -0.15) is 4.39 Å². The number of alkyl halides is 1. The molecule has 1 aromatic carbocycles. The number of allylic oxidation sites excluding steroid dienone is 2. The second kappa shape index (κ2) is 10.5. The van der Waals surface area contributed by atoms with Crippen LogP contribution in [0.2, 0.25) is 0 Å². The van der Waals surface area contributed by atoms with E-state index >= 15 is 0 Å². The molecular formula is C21H29F3O. The second-order valence-electron chi connectivity index (χ2n) is 6.81. The molecule has 25 heavy (non-hydrogen) atoms. The third kappa shape index (κ3) is 5.79. The van der Waals surface area contributed by atoms with Crippen LogP contribution in [0.25, 0.3) is 0 Å². The van der Waals surface area contributed by atoms with Crippen LogP contribution in [0.3, 0.4) is 0 Å². The Hall–Kier alpha value is -1.45. The van der Waals surface area contributed by atoms with Crippen molar-refractivity contribution >= 4 is 0 Å². The van der Waals surface area contributed by atoms with E-state index in [9.17, 15) is 13.2 Å². The van der Waals surface area contributed by atoms with E-state index in [1.165, 1.54) is 0 Å². The van der Waals surface area contributed by atoms with E-state index in [0.29, 0.717) is 24.5 Å². The van der Waals surface area contributed by atoms with Crippen molar-refractivity contribution in [2.75, 3.05) is 13.3 Å². The van der Waals surface area contributed by atoms with E-state index in [0.717, 1.165) is 44.9 Å². The van der Waals surface area contributed by atoms with Crippen molar-refractivity contribution in [2.24, 2.45) is 5.92 Å². The number of ether oxygens (including phenoxy) is 1. The Morgan fingerprint density at radius 3 is 2.44 bits per heavy atom. The maximum Gasteiger partial charge on any atom is 0.200 e. The van der Waals surface area contributed by atoms with Crippen LogP contribution in [0.1, 0.15) is 69.8 Å². The summed E-state index contributed by atoms with van der Waals surface area (Å²) in [5.74, 6) is -0.860. The summed E-state index contributed by atoms with van der Waals surface area (Å²) in [5, 5.41) is 0. The first-order valence-electron chi connectivity index (χ1n) is 9.49. The van der Waals surface area contributed by atoms with Crippen molar-refractivity contribution in [1.82, 2.24) is 0 Å². The molecule has 4 heteroatoms. The molecule has 0 amide bonds. The van der Waals surface area contributed by atoms with E-state index in [-0.39, 0.29) is 18.3 Å². The van der Waals surface area contributed by atoms with E-state index in [2.05, 4.69) is 12.2 Å². The molecule has 2 rings (SSSR count). The molecule has 0 unspecified atom stereocenters. The van der Waals surface area contributed by atoms with Gasteiger partial charge in [-0.1, -0.05) is 18.2 Å². The lowest BCUT2D eigenvalue weighted by Crippen LogP contribution is -2.15. The summed E-state index contributed by atoms with van der Waals surface area (Å²) in [5.41, 5.74) is 0.491. The topological polar surface area (TPSA) is 9.23 Å². The molecule has 1 aliphatic rings. The molecule has 0 N–H and O–H groups in total. The Kier molecular flexibility index (Phi) is 8.36. The molecule has 0 atom stereocenters. The van der Waals surface area contributed by atoms with Crippen LogP contribution in [0.5, 0.6) is 5.75 Å². The molecule has 1 aliphatic carbocycles. The van der Waals surface area contributed by atoms with E-state index < -0.39 is 11.6 Å².